The Morgan fingerprint density at radius 3 is 2.40 bits per heavy atom. The van der Waals surface area contributed by atoms with E-state index in [4.69, 9.17) is 0 Å². The van der Waals surface area contributed by atoms with Crippen molar-refractivity contribution in [2.45, 2.75) is 112 Å². The lowest BCUT2D eigenvalue weighted by atomic mass is 9.46. The average molecular weight is 487 g/mol. The Balaban J connectivity index is 1.48. The molecule has 0 heterocycles. The second-order valence-corrected chi connectivity index (χ2v) is 13.8. The fourth-order valence-corrected chi connectivity index (χ4v) is 9.70. The summed E-state index contributed by atoms with van der Waals surface area (Å²) in [6.07, 6.45) is 15.6. The first kappa shape index (κ1) is 26.7. The zero-order chi connectivity index (χ0) is 25.5. The lowest BCUT2D eigenvalue weighted by Crippen LogP contribution is -2.51. The van der Waals surface area contributed by atoms with E-state index < -0.39 is 17.9 Å². The molecule has 0 bridgehead atoms. The van der Waals surface area contributed by atoms with Gasteiger partial charge in [0.2, 0.25) is 0 Å². The minimum atomic E-state index is -0.996. The Bertz CT molecular complexity index is 830. The lowest BCUT2D eigenvalue weighted by molar-refractivity contribution is -0.151. The predicted octanol–water partition coefficient (Wildman–Crippen LogP) is 7.82. The van der Waals surface area contributed by atoms with Crippen LogP contribution < -0.4 is 0 Å². The van der Waals surface area contributed by atoms with Gasteiger partial charge in [0.1, 0.15) is 0 Å². The molecule has 35 heavy (non-hydrogen) atoms. The summed E-state index contributed by atoms with van der Waals surface area (Å²) in [6.45, 7) is 12.3. The molecule has 0 aromatic carbocycles. The molecule has 4 aliphatic carbocycles. The standard InChI is InChI=1S/C31H50O4/c1-19(2)7-6-8-20(3)25-11-12-26-23-10-9-22-17-21(24(29(34)35)18-28(32)33)13-15-30(22,4)27(23)14-16-31(25,26)5/h9,19-21,23-27H,6-8,10-18H2,1-5H3,(H,32,33)(H,34,35)/t20-,21+,23+,24?,25-,26+,27+,30+,31-/m1/s1. The molecule has 4 nitrogen and oxygen atoms in total. The Morgan fingerprint density at radius 1 is 1.00 bits per heavy atom. The number of carboxylic acids is 2. The summed E-state index contributed by atoms with van der Waals surface area (Å²) >= 11 is 0. The van der Waals surface area contributed by atoms with Crippen LogP contribution in [0.15, 0.2) is 11.6 Å². The minimum absolute atomic E-state index is 0.0455. The molecule has 4 aliphatic rings. The molecule has 3 fully saturated rings. The molecule has 1 unspecified atom stereocenters. The molecule has 198 valence electrons. The van der Waals surface area contributed by atoms with Crippen LogP contribution in [0.3, 0.4) is 0 Å². The van der Waals surface area contributed by atoms with Crippen molar-refractivity contribution in [2.75, 3.05) is 0 Å². The van der Waals surface area contributed by atoms with Crippen LogP contribution in [-0.4, -0.2) is 22.2 Å². The first-order valence-electron chi connectivity index (χ1n) is 14.6. The van der Waals surface area contributed by atoms with Crippen molar-refractivity contribution in [1.82, 2.24) is 0 Å². The first-order chi connectivity index (χ1) is 16.5. The predicted molar refractivity (Wildman–Crippen MR) is 140 cm³/mol. The van der Waals surface area contributed by atoms with E-state index in [-0.39, 0.29) is 17.8 Å². The first-order valence-corrected chi connectivity index (χ1v) is 14.6. The van der Waals surface area contributed by atoms with E-state index in [9.17, 15) is 19.8 Å². The molecule has 0 aromatic heterocycles. The third-order valence-electron chi connectivity index (χ3n) is 11.6. The van der Waals surface area contributed by atoms with Crippen molar-refractivity contribution < 1.29 is 19.8 Å². The molecule has 4 rings (SSSR count). The maximum Gasteiger partial charge on any atom is 0.307 e. The Labute approximate surface area is 213 Å². The highest BCUT2D eigenvalue weighted by molar-refractivity contribution is 5.78. The highest BCUT2D eigenvalue weighted by Crippen LogP contribution is 2.67. The van der Waals surface area contributed by atoms with Crippen LogP contribution in [0.5, 0.6) is 0 Å². The van der Waals surface area contributed by atoms with E-state index in [2.05, 4.69) is 40.7 Å². The van der Waals surface area contributed by atoms with Crippen LogP contribution in [0.1, 0.15) is 112 Å². The van der Waals surface area contributed by atoms with Gasteiger partial charge < -0.3 is 10.2 Å². The average Bonchev–Trinajstić information content (AvgIpc) is 3.13. The van der Waals surface area contributed by atoms with Gasteiger partial charge in [0.25, 0.3) is 0 Å². The third kappa shape index (κ3) is 4.97. The number of aliphatic carboxylic acids is 2. The van der Waals surface area contributed by atoms with Gasteiger partial charge in [0.05, 0.1) is 12.3 Å². The Kier molecular flexibility index (Phi) is 7.80. The van der Waals surface area contributed by atoms with Crippen LogP contribution in [0.2, 0.25) is 0 Å². The molecule has 9 atom stereocenters. The van der Waals surface area contributed by atoms with Gasteiger partial charge in [-0.1, -0.05) is 65.5 Å². The van der Waals surface area contributed by atoms with Crippen molar-refractivity contribution in [3.05, 3.63) is 11.6 Å². The summed E-state index contributed by atoms with van der Waals surface area (Å²) in [5, 5.41) is 19.0. The van der Waals surface area contributed by atoms with Crippen molar-refractivity contribution in [3.63, 3.8) is 0 Å². The van der Waals surface area contributed by atoms with Gasteiger partial charge in [0, 0.05) is 0 Å². The quantitative estimate of drug-likeness (QED) is 0.326. The molecule has 4 heteroatoms. The molecule has 0 saturated heterocycles. The van der Waals surface area contributed by atoms with Crippen LogP contribution in [0.25, 0.3) is 0 Å². The van der Waals surface area contributed by atoms with Gasteiger partial charge in [-0.2, -0.15) is 0 Å². The SMILES string of the molecule is CC(C)CCC[C@@H](C)[C@H]1CC[C@H]2[C@@H]3CC=C4C[C@@H](C(CC(=O)O)C(=O)O)CC[C@]4(C)[C@H]3CC[C@]12C. The molecule has 0 aromatic rings. The molecular weight excluding hydrogens is 436 g/mol. The maximum absolute atomic E-state index is 11.9. The smallest absolute Gasteiger partial charge is 0.307 e. The summed E-state index contributed by atoms with van der Waals surface area (Å²) in [7, 11) is 0. The second-order valence-electron chi connectivity index (χ2n) is 13.8. The van der Waals surface area contributed by atoms with Crippen molar-refractivity contribution in [1.29, 1.82) is 0 Å². The number of carbonyl (C=O) groups is 2. The van der Waals surface area contributed by atoms with Gasteiger partial charge >= 0.3 is 11.9 Å². The molecule has 3 saturated carbocycles. The van der Waals surface area contributed by atoms with Gasteiger partial charge in [0.15, 0.2) is 0 Å². The molecular formula is C31H50O4. The molecule has 0 radical (unpaired) electrons. The fraction of sp³-hybridized carbons (Fsp3) is 0.871. The van der Waals surface area contributed by atoms with Crippen molar-refractivity contribution in [3.8, 4) is 0 Å². The number of fused-ring (bicyclic) bond motifs is 5. The summed E-state index contributed by atoms with van der Waals surface area (Å²) < 4.78 is 0. The van der Waals surface area contributed by atoms with Gasteiger partial charge in [-0.3, -0.25) is 9.59 Å². The number of rotatable bonds is 9. The monoisotopic (exact) mass is 486 g/mol. The topological polar surface area (TPSA) is 74.6 Å². The minimum Gasteiger partial charge on any atom is -0.481 e. The number of carboxylic acid groups (broad SMARTS) is 2. The van der Waals surface area contributed by atoms with E-state index in [0.717, 1.165) is 55.3 Å². The molecule has 2 N–H and O–H groups in total. The summed E-state index contributed by atoms with van der Waals surface area (Å²) in [5.74, 6) is 2.04. The molecule has 0 aliphatic heterocycles. The van der Waals surface area contributed by atoms with E-state index in [1.807, 2.05) is 0 Å². The summed E-state index contributed by atoms with van der Waals surface area (Å²) in [6, 6.07) is 0. The van der Waals surface area contributed by atoms with Gasteiger partial charge in [-0.05, 0) is 104 Å². The highest BCUT2D eigenvalue weighted by atomic mass is 16.4. The fourth-order valence-electron chi connectivity index (χ4n) is 9.70. The Hall–Kier alpha value is -1.32. The van der Waals surface area contributed by atoms with Crippen LogP contribution in [-0.2, 0) is 9.59 Å². The second kappa shape index (κ2) is 10.2. The summed E-state index contributed by atoms with van der Waals surface area (Å²) in [5.41, 5.74) is 2.10. The van der Waals surface area contributed by atoms with E-state index in [1.54, 1.807) is 0 Å². The number of hydrogen-bond donors (Lipinski definition) is 2. The van der Waals surface area contributed by atoms with Gasteiger partial charge in [-0.15, -0.1) is 0 Å². The normalized spacial score (nSPS) is 40.3. The zero-order valence-electron chi connectivity index (χ0n) is 22.9. The van der Waals surface area contributed by atoms with E-state index in [1.165, 1.54) is 50.5 Å². The van der Waals surface area contributed by atoms with Crippen LogP contribution in [0, 0.1) is 58.2 Å². The lowest BCUT2D eigenvalue weighted by Gasteiger charge is -2.59. The van der Waals surface area contributed by atoms with Crippen LogP contribution in [0.4, 0.5) is 0 Å². The molecule has 0 amide bonds. The Morgan fingerprint density at radius 2 is 1.74 bits per heavy atom. The third-order valence-corrected chi connectivity index (χ3v) is 11.6. The van der Waals surface area contributed by atoms with Crippen molar-refractivity contribution >= 4 is 11.9 Å². The van der Waals surface area contributed by atoms with Crippen LogP contribution >= 0.6 is 0 Å². The summed E-state index contributed by atoms with van der Waals surface area (Å²) in [4.78, 5) is 23.2. The highest BCUT2D eigenvalue weighted by Gasteiger charge is 2.59. The number of hydrogen-bond acceptors (Lipinski definition) is 2. The van der Waals surface area contributed by atoms with E-state index >= 15 is 0 Å². The van der Waals surface area contributed by atoms with Crippen molar-refractivity contribution in [2.24, 2.45) is 58.2 Å². The maximum atomic E-state index is 11.9. The largest absolute Gasteiger partial charge is 0.481 e. The zero-order valence-corrected chi connectivity index (χ0v) is 22.9. The van der Waals surface area contributed by atoms with E-state index in [0.29, 0.717) is 11.3 Å². The van der Waals surface area contributed by atoms with Gasteiger partial charge in [-0.25, -0.2) is 0 Å². The number of allylic oxidation sites excluding steroid dienone is 2. The molecule has 0 spiro atoms.